The summed E-state index contributed by atoms with van der Waals surface area (Å²) in [6.07, 6.45) is 2.61. The van der Waals surface area contributed by atoms with E-state index in [1.807, 2.05) is 6.92 Å². The summed E-state index contributed by atoms with van der Waals surface area (Å²) in [5.41, 5.74) is -1.38. The molecule has 5 heteroatoms. The molecule has 1 atom stereocenters. The van der Waals surface area contributed by atoms with Gasteiger partial charge in [0.1, 0.15) is 5.54 Å². The molecule has 1 unspecified atom stereocenters. The second-order valence-electron chi connectivity index (χ2n) is 5.48. The van der Waals surface area contributed by atoms with Crippen LogP contribution in [0.25, 0.3) is 0 Å². The van der Waals surface area contributed by atoms with Gasteiger partial charge in [0.25, 0.3) is 0 Å². The lowest BCUT2D eigenvalue weighted by atomic mass is 9.77. The quantitative estimate of drug-likeness (QED) is 0.731. The Hall–Kier alpha value is -1.10. The molecule has 5 nitrogen and oxygen atoms in total. The first-order valence-corrected chi connectivity index (χ1v) is 6.50. The van der Waals surface area contributed by atoms with Crippen molar-refractivity contribution in [3.63, 3.8) is 0 Å². The number of carbonyl (C=O) groups is 2. The number of hydrogen-bond acceptors (Lipinski definition) is 4. The molecule has 0 spiro atoms. The number of methoxy groups -OCH3 is 1. The monoisotopic (exact) mass is 256 g/mol. The number of nitrogens with one attached hydrogen (secondary N) is 2. The topological polar surface area (TPSA) is 67.4 Å². The van der Waals surface area contributed by atoms with Crippen LogP contribution in [0.15, 0.2) is 0 Å². The summed E-state index contributed by atoms with van der Waals surface area (Å²) >= 11 is 0. The van der Waals surface area contributed by atoms with Crippen molar-refractivity contribution in [2.24, 2.45) is 5.41 Å². The first-order chi connectivity index (χ1) is 8.38. The van der Waals surface area contributed by atoms with Gasteiger partial charge in [-0.2, -0.15) is 0 Å². The van der Waals surface area contributed by atoms with Crippen LogP contribution in [0.2, 0.25) is 0 Å². The van der Waals surface area contributed by atoms with Gasteiger partial charge >= 0.3 is 5.97 Å². The predicted octanol–water partition coefficient (Wildman–Crippen LogP) is 0.834. The van der Waals surface area contributed by atoms with E-state index in [2.05, 4.69) is 10.6 Å². The van der Waals surface area contributed by atoms with Crippen molar-refractivity contribution in [2.45, 2.75) is 45.6 Å². The molecule has 0 radical (unpaired) electrons. The number of rotatable bonds is 4. The van der Waals surface area contributed by atoms with Crippen molar-refractivity contribution < 1.29 is 14.3 Å². The maximum absolute atomic E-state index is 12.4. The van der Waals surface area contributed by atoms with Crippen molar-refractivity contribution in [1.82, 2.24) is 10.6 Å². The van der Waals surface area contributed by atoms with Crippen molar-refractivity contribution >= 4 is 11.9 Å². The van der Waals surface area contributed by atoms with E-state index in [1.165, 1.54) is 7.11 Å². The minimum atomic E-state index is -0.981. The standard InChI is InChI=1S/C13H24N2O3/c1-5-13(7-6-8-14-9-13)10(16)15-12(2,3)11(17)18-4/h14H,5-9H2,1-4H3,(H,15,16). The van der Waals surface area contributed by atoms with Crippen LogP contribution in [-0.2, 0) is 14.3 Å². The molecule has 2 N–H and O–H groups in total. The van der Waals surface area contributed by atoms with Gasteiger partial charge in [-0.25, -0.2) is 4.79 Å². The van der Waals surface area contributed by atoms with Crippen LogP contribution >= 0.6 is 0 Å². The van der Waals surface area contributed by atoms with E-state index in [-0.39, 0.29) is 5.91 Å². The summed E-state index contributed by atoms with van der Waals surface area (Å²) < 4.78 is 4.70. The molecule has 0 aromatic carbocycles. The van der Waals surface area contributed by atoms with Crippen LogP contribution in [0.4, 0.5) is 0 Å². The largest absolute Gasteiger partial charge is 0.467 e. The Morgan fingerprint density at radius 1 is 1.44 bits per heavy atom. The van der Waals surface area contributed by atoms with Gasteiger partial charge in [0.15, 0.2) is 0 Å². The summed E-state index contributed by atoms with van der Waals surface area (Å²) in [6, 6.07) is 0. The van der Waals surface area contributed by atoms with Crippen LogP contribution in [-0.4, -0.2) is 37.6 Å². The molecule has 0 aliphatic carbocycles. The number of ether oxygens (including phenoxy) is 1. The molecule has 104 valence electrons. The van der Waals surface area contributed by atoms with Gasteiger partial charge in [-0.1, -0.05) is 6.92 Å². The highest BCUT2D eigenvalue weighted by atomic mass is 16.5. The zero-order valence-electron chi connectivity index (χ0n) is 11.8. The lowest BCUT2D eigenvalue weighted by Crippen LogP contribution is -2.58. The highest BCUT2D eigenvalue weighted by molar-refractivity contribution is 5.90. The molecular weight excluding hydrogens is 232 g/mol. The molecule has 1 rings (SSSR count). The average Bonchev–Trinajstić information content (AvgIpc) is 2.37. The van der Waals surface area contributed by atoms with Crippen LogP contribution < -0.4 is 10.6 Å². The van der Waals surface area contributed by atoms with Gasteiger partial charge < -0.3 is 15.4 Å². The van der Waals surface area contributed by atoms with E-state index in [0.29, 0.717) is 6.54 Å². The molecule has 1 aliphatic heterocycles. The summed E-state index contributed by atoms with van der Waals surface area (Å²) in [7, 11) is 1.33. The Morgan fingerprint density at radius 2 is 2.11 bits per heavy atom. The molecule has 1 heterocycles. The molecular formula is C13H24N2O3. The summed E-state index contributed by atoms with van der Waals surface area (Å²) in [4.78, 5) is 24.0. The zero-order valence-corrected chi connectivity index (χ0v) is 11.8. The highest BCUT2D eigenvalue weighted by Gasteiger charge is 2.41. The van der Waals surface area contributed by atoms with Crippen molar-refractivity contribution in [3.05, 3.63) is 0 Å². The van der Waals surface area contributed by atoms with Gasteiger partial charge in [-0.15, -0.1) is 0 Å². The zero-order chi connectivity index (χ0) is 13.8. The van der Waals surface area contributed by atoms with Crippen LogP contribution in [0.5, 0.6) is 0 Å². The maximum atomic E-state index is 12.4. The van der Waals surface area contributed by atoms with Gasteiger partial charge in [0.2, 0.25) is 5.91 Å². The van der Waals surface area contributed by atoms with Gasteiger partial charge in [-0.3, -0.25) is 4.79 Å². The number of piperidine rings is 1. The smallest absolute Gasteiger partial charge is 0.330 e. The highest BCUT2D eigenvalue weighted by Crippen LogP contribution is 2.31. The average molecular weight is 256 g/mol. The third-order valence-corrected chi connectivity index (χ3v) is 3.75. The predicted molar refractivity (Wildman–Crippen MR) is 69.1 cm³/mol. The van der Waals surface area contributed by atoms with Gasteiger partial charge in [0, 0.05) is 6.54 Å². The number of hydrogen-bond donors (Lipinski definition) is 2. The van der Waals surface area contributed by atoms with Gasteiger partial charge in [-0.05, 0) is 39.7 Å². The fourth-order valence-corrected chi connectivity index (χ4v) is 2.35. The lowest BCUT2D eigenvalue weighted by Gasteiger charge is -2.37. The SMILES string of the molecule is CCC1(C(=O)NC(C)(C)C(=O)OC)CCCNC1. The van der Waals surface area contributed by atoms with E-state index in [1.54, 1.807) is 13.8 Å². The van der Waals surface area contributed by atoms with E-state index in [4.69, 9.17) is 4.74 Å². The molecule has 0 aromatic heterocycles. The number of esters is 1. The van der Waals surface area contributed by atoms with Crippen LogP contribution in [0, 0.1) is 5.41 Å². The van der Waals surface area contributed by atoms with E-state index in [9.17, 15) is 9.59 Å². The summed E-state index contributed by atoms with van der Waals surface area (Å²) in [5, 5.41) is 6.07. The normalized spacial score (nSPS) is 24.4. The Labute approximate surface area is 109 Å². The van der Waals surface area contributed by atoms with Crippen molar-refractivity contribution in [3.8, 4) is 0 Å². The first-order valence-electron chi connectivity index (χ1n) is 6.50. The third kappa shape index (κ3) is 3.02. The number of amides is 1. The first kappa shape index (κ1) is 15.0. The molecule has 0 bridgehead atoms. The third-order valence-electron chi connectivity index (χ3n) is 3.75. The van der Waals surface area contributed by atoms with Gasteiger partial charge in [0.05, 0.1) is 12.5 Å². The molecule has 18 heavy (non-hydrogen) atoms. The van der Waals surface area contributed by atoms with Crippen molar-refractivity contribution in [1.29, 1.82) is 0 Å². The molecule has 1 fully saturated rings. The second kappa shape index (κ2) is 5.69. The van der Waals surface area contributed by atoms with Crippen LogP contribution in [0.1, 0.15) is 40.0 Å². The second-order valence-corrected chi connectivity index (χ2v) is 5.48. The molecule has 1 saturated heterocycles. The Kier molecular flexibility index (Phi) is 4.73. The molecule has 1 aliphatic rings. The minimum Gasteiger partial charge on any atom is -0.467 e. The molecule has 0 aromatic rings. The maximum Gasteiger partial charge on any atom is 0.330 e. The fourth-order valence-electron chi connectivity index (χ4n) is 2.35. The lowest BCUT2D eigenvalue weighted by molar-refractivity contribution is -0.151. The number of carbonyl (C=O) groups excluding carboxylic acids is 2. The summed E-state index contributed by atoms with van der Waals surface area (Å²) in [6.45, 7) is 6.96. The minimum absolute atomic E-state index is 0.0624. The van der Waals surface area contributed by atoms with Crippen LogP contribution in [0.3, 0.4) is 0 Å². The summed E-state index contributed by atoms with van der Waals surface area (Å²) in [5.74, 6) is -0.488. The van der Waals surface area contributed by atoms with E-state index in [0.717, 1.165) is 25.8 Å². The van der Waals surface area contributed by atoms with E-state index >= 15 is 0 Å². The van der Waals surface area contributed by atoms with E-state index < -0.39 is 16.9 Å². The molecule has 1 amide bonds. The fraction of sp³-hybridized carbons (Fsp3) is 0.846. The van der Waals surface area contributed by atoms with Crippen molar-refractivity contribution in [2.75, 3.05) is 20.2 Å². The molecule has 0 saturated carbocycles. The Morgan fingerprint density at radius 3 is 2.56 bits per heavy atom. The Bertz CT molecular complexity index is 320. The Balaban J connectivity index is 2.76.